The first-order valence-corrected chi connectivity index (χ1v) is 8.28. The molecule has 0 unspecified atom stereocenters. The number of nitrogens with zero attached hydrogens (tertiary/aromatic N) is 2. The number of aliphatic hydroxyl groups excluding tert-OH is 1. The van der Waals surface area contributed by atoms with Crippen LogP contribution in [0, 0.1) is 0 Å². The zero-order valence-corrected chi connectivity index (χ0v) is 12.8. The third-order valence-electron chi connectivity index (χ3n) is 4.25. The predicted molar refractivity (Wildman–Crippen MR) is 87.3 cm³/mol. The summed E-state index contributed by atoms with van der Waals surface area (Å²) in [7, 11) is 0. The number of aliphatic hydroxyl groups is 1. The maximum Gasteiger partial charge on any atom is 0.262 e. The topological polar surface area (TPSA) is 55.1 Å². The second-order valence-electron chi connectivity index (χ2n) is 5.67. The van der Waals surface area contributed by atoms with Gasteiger partial charge in [-0.05, 0) is 30.4 Å². The number of rotatable bonds is 3. The van der Waals surface area contributed by atoms with Gasteiger partial charge >= 0.3 is 0 Å². The maximum absolute atomic E-state index is 12.7. The highest BCUT2D eigenvalue weighted by Gasteiger charge is 2.21. The van der Waals surface area contributed by atoms with Crippen LogP contribution in [0.4, 0.5) is 0 Å². The molecular formula is C17H16N2O2S. The Bertz CT molecular complexity index is 883. The van der Waals surface area contributed by atoms with E-state index in [1.54, 1.807) is 17.7 Å². The molecule has 1 aliphatic rings. The average molecular weight is 312 g/mol. The van der Waals surface area contributed by atoms with Crippen molar-refractivity contribution in [2.45, 2.75) is 31.9 Å². The van der Waals surface area contributed by atoms with E-state index >= 15 is 0 Å². The third kappa shape index (κ3) is 2.17. The Balaban J connectivity index is 1.74. The Morgan fingerprint density at radius 2 is 2.09 bits per heavy atom. The zero-order chi connectivity index (χ0) is 15.1. The molecule has 1 aromatic carbocycles. The quantitative estimate of drug-likeness (QED) is 0.809. The first kappa shape index (κ1) is 13.7. The molecule has 1 aliphatic carbocycles. The lowest BCUT2D eigenvalue weighted by Crippen LogP contribution is -2.23. The Morgan fingerprint density at radius 3 is 2.91 bits per heavy atom. The van der Waals surface area contributed by atoms with E-state index in [2.05, 4.69) is 4.98 Å². The van der Waals surface area contributed by atoms with Crippen molar-refractivity contribution in [3.63, 3.8) is 0 Å². The Morgan fingerprint density at radius 1 is 1.27 bits per heavy atom. The predicted octanol–water partition coefficient (Wildman–Crippen LogP) is 2.68. The monoisotopic (exact) mass is 312 g/mol. The van der Waals surface area contributed by atoms with Crippen molar-refractivity contribution in [3.8, 4) is 0 Å². The van der Waals surface area contributed by atoms with Gasteiger partial charge in [0.25, 0.3) is 5.56 Å². The van der Waals surface area contributed by atoms with Gasteiger partial charge in [-0.3, -0.25) is 9.36 Å². The molecule has 3 aromatic rings. The second-order valence-corrected chi connectivity index (χ2v) is 6.75. The smallest absolute Gasteiger partial charge is 0.262 e. The van der Waals surface area contributed by atoms with Crippen LogP contribution in [-0.4, -0.2) is 14.7 Å². The van der Waals surface area contributed by atoms with Crippen LogP contribution in [0.3, 0.4) is 0 Å². The summed E-state index contributed by atoms with van der Waals surface area (Å²) < 4.78 is 1.53. The fourth-order valence-electron chi connectivity index (χ4n) is 3.12. The molecule has 5 heteroatoms. The molecule has 0 spiro atoms. The lowest BCUT2D eigenvalue weighted by molar-refractivity contribution is 0.155. The second kappa shape index (κ2) is 5.34. The van der Waals surface area contributed by atoms with Gasteiger partial charge in [0.15, 0.2) is 0 Å². The summed E-state index contributed by atoms with van der Waals surface area (Å²) in [6, 6.07) is 9.40. The standard InChI is InChI=1S/C17H16N2O2S/c20-13(11-5-2-1-3-6-11)9-19-10-18-16-15(17(19)21)12-7-4-8-14(12)22-16/h1-3,5-6,10,13,20H,4,7-9H2/t13-/m1/s1. The molecule has 0 bridgehead atoms. The lowest BCUT2D eigenvalue weighted by atomic mass is 10.1. The van der Waals surface area contributed by atoms with Crippen LogP contribution in [0.25, 0.3) is 10.2 Å². The summed E-state index contributed by atoms with van der Waals surface area (Å²) in [6.45, 7) is 0.233. The van der Waals surface area contributed by atoms with Crippen molar-refractivity contribution in [1.82, 2.24) is 9.55 Å². The number of thiophene rings is 1. The minimum absolute atomic E-state index is 0.0284. The van der Waals surface area contributed by atoms with Crippen LogP contribution in [0.15, 0.2) is 41.5 Å². The van der Waals surface area contributed by atoms with Crippen LogP contribution >= 0.6 is 11.3 Å². The normalized spacial score (nSPS) is 15.1. The largest absolute Gasteiger partial charge is 0.387 e. The van der Waals surface area contributed by atoms with E-state index in [-0.39, 0.29) is 12.1 Å². The summed E-state index contributed by atoms with van der Waals surface area (Å²) in [5, 5.41) is 11.1. The van der Waals surface area contributed by atoms with Crippen molar-refractivity contribution in [2.24, 2.45) is 0 Å². The van der Waals surface area contributed by atoms with E-state index in [1.165, 1.54) is 15.0 Å². The van der Waals surface area contributed by atoms with E-state index in [1.807, 2.05) is 30.3 Å². The molecule has 2 aromatic heterocycles. The number of hydrogen-bond donors (Lipinski definition) is 1. The van der Waals surface area contributed by atoms with E-state index in [0.29, 0.717) is 0 Å². The molecule has 1 atom stereocenters. The molecule has 112 valence electrons. The Labute approximate surface area is 131 Å². The van der Waals surface area contributed by atoms with Crippen LogP contribution in [0.5, 0.6) is 0 Å². The fourth-order valence-corrected chi connectivity index (χ4v) is 4.34. The van der Waals surface area contributed by atoms with Crippen molar-refractivity contribution < 1.29 is 5.11 Å². The van der Waals surface area contributed by atoms with Gasteiger partial charge in [0.05, 0.1) is 24.4 Å². The number of hydrogen-bond acceptors (Lipinski definition) is 4. The number of benzene rings is 1. The van der Waals surface area contributed by atoms with E-state index in [4.69, 9.17) is 0 Å². The minimum Gasteiger partial charge on any atom is -0.387 e. The van der Waals surface area contributed by atoms with Crippen molar-refractivity contribution in [2.75, 3.05) is 0 Å². The van der Waals surface area contributed by atoms with Gasteiger partial charge < -0.3 is 5.11 Å². The van der Waals surface area contributed by atoms with Gasteiger partial charge in [0, 0.05) is 4.88 Å². The Hall–Kier alpha value is -1.98. The van der Waals surface area contributed by atoms with Crippen LogP contribution < -0.4 is 5.56 Å². The van der Waals surface area contributed by atoms with Gasteiger partial charge in [0.1, 0.15) is 4.83 Å². The van der Waals surface area contributed by atoms with Crippen LogP contribution in [0.1, 0.15) is 28.5 Å². The van der Waals surface area contributed by atoms with Crippen molar-refractivity contribution in [1.29, 1.82) is 0 Å². The van der Waals surface area contributed by atoms with Gasteiger partial charge in [-0.1, -0.05) is 30.3 Å². The van der Waals surface area contributed by atoms with Gasteiger partial charge in [-0.2, -0.15) is 0 Å². The molecule has 4 nitrogen and oxygen atoms in total. The van der Waals surface area contributed by atoms with Crippen LogP contribution in [-0.2, 0) is 19.4 Å². The molecule has 1 N–H and O–H groups in total. The van der Waals surface area contributed by atoms with Crippen molar-refractivity contribution in [3.05, 3.63) is 63.0 Å². The first-order valence-electron chi connectivity index (χ1n) is 7.47. The molecule has 0 fully saturated rings. The molecule has 0 amide bonds. The highest BCUT2D eigenvalue weighted by molar-refractivity contribution is 7.18. The minimum atomic E-state index is -0.704. The van der Waals surface area contributed by atoms with Gasteiger partial charge in [-0.15, -0.1) is 11.3 Å². The summed E-state index contributed by atoms with van der Waals surface area (Å²) >= 11 is 1.64. The molecule has 2 heterocycles. The molecule has 0 saturated heterocycles. The summed E-state index contributed by atoms with van der Waals surface area (Å²) in [5.74, 6) is 0. The summed E-state index contributed by atoms with van der Waals surface area (Å²) in [6.07, 6.45) is 4.00. The lowest BCUT2D eigenvalue weighted by Gasteiger charge is -2.12. The van der Waals surface area contributed by atoms with E-state index in [0.717, 1.165) is 35.0 Å². The fraction of sp³-hybridized carbons (Fsp3) is 0.294. The number of aromatic nitrogens is 2. The van der Waals surface area contributed by atoms with Gasteiger partial charge in [-0.25, -0.2) is 4.98 Å². The summed E-state index contributed by atoms with van der Waals surface area (Å²) in [4.78, 5) is 19.3. The van der Waals surface area contributed by atoms with Crippen LogP contribution in [0.2, 0.25) is 0 Å². The summed E-state index contributed by atoms with van der Waals surface area (Å²) in [5.41, 5.74) is 1.96. The first-order chi connectivity index (χ1) is 10.7. The highest BCUT2D eigenvalue weighted by Crippen LogP contribution is 2.34. The zero-order valence-electron chi connectivity index (χ0n) is 12.0. The number of fused-ring (bicyclic) bond motifs is 3. The molecule has 4 rings (SSSR count). The molecular weight excluding hydrogens is 296 g/mol. The van der Waals surface area contributed by atoms with E-state index < -0.39 is 6.10 Å². The molecule has 0 saturated carbocycles. The molecule has 22 heavy (non-hydrogen) atoms. The van der Waals surface area contributed by atoms with Gasteiger partial charge in [0.2, 0.25) is 0 Å². The van der Waals surface area contributed by atoms with Crippen molar-refractivity contribution >= 4 is 21.6 Å². The third-order valence-corrected chi connectivity index (χ3v) is 5.45. The van der Waals surface area contributed by atoms with E-state index in [9.17, 15) is 9.90 Å². The maximum atomic E-state index is 12.7. The SMILES string of the molecule is O=c1c2c3c(sc2ncn1C[C@@H](O)c1ccccc1)CCC3. The number of aryl methyl sites for hydroxylation is 2. The molecule has 0 aliphatic heterocycles. The average Bonchev–Trinajstić information content (AvgIpc) is 3.11. The highest BCUT2D eigenvalue weighted by atomic mass is 32.1. The molecule has 0 radical (unpaired) electrons. The Kier molecular flexibility index (Phi) is 3.32.